The summed E-state index contributed by atoms with van der Waals surface area (Å²) in [6.07, 6.45) is 4.66. The fourth-order valence-corrected chi connectivity index (χ4v) is 4.36. The van der Waals surface area contributed by atoms with E-state index in [1.54, 1.807) is 0 Å². The lowest BCUT2D eigenvalue weighted by molar-refractivity contribution is 0.0415. The first-order valence-electron chi connectivity index (χ1n) is 9.58. The van der Waals surface area contributed by atoms with Crippen LogP contribution < -0.4 is 0 Å². The molecule has 0 spiro atoms. The highest BCUT2D eigenvalue weighted by Crippen LogP contribution is 2.37. The van der Waals surface area contributed by atoms with Gasteiger partial charge in [0.1, 0.15) is 0 Å². The van der Waals surface area contributed by atoms with Crippen molar-refractivity contribution in [2.24, 2.45) is 5.41 Å². The molecule has 1 N–H and O–H groups in total. The first-order chi connectivity index (χ1) is 13.2. The van der Waals surface area contributed by atoms with Gasteiger partial charge in [-0.2, -0.15) is 0 Å². The molecule has 0 atom stereocenters. The van der Waals surface area contributed by atoms with Crippen LogP contribution in [0.3, 0.4) is 0 Å². The van der Waals surface area contributed by atoms with Crippen LogP contribution >= 0.6 is 11.6 Å². The van der Waals surface area contributed by atoms with Crippen LogP contribution in [0.4, 0.5) is 0 Å². The zero-order chi connectivity index (χ0) is 18.7. The van der Waals surface area contributed by atoms with Crippen molar-refractivity contribution in [1.29, 1.82) is 0 Å². The van der Waals surface area contributed by atoms with E-state index in [-0.39, 0.29) is 12.0 Å². The second-order valence-corrected chi connectivity index (χ2v) is 8.10. The molecule has 1 fully saturated rings. The zero-order valence-electron chi connectivity index (χ0n) is 15.4. The van der Waals surface area contributed by atoms with Gasteiger partial charge in [-0.1, -0.05) is 54.1 Å². The maximum atomic E-state index is 10.1. The van der Waals surface area contributed by atoms with E-state index < -0.39 is 0 Å². The Kier molecular flexibility index (Phi) is 5.44. The highest BCUT2D eigenvalue weighted by Gasteiger charge is 2.34. The number of rotatable bonds is 5. The number of aromatic nitrogens is 1. The van der Waals surface area contributed by atoms with E-state index in [4.69, 9.17) is 11.6 Å². The van der Waals surface area contributed by atoms with Crippen LogP contribution in [0.15, 0.2) is 60.8 Å². The third-order valence-electron chi connectivity index (χ3n) is 5.89. The SMILES string of the molecule is OCC1(Cc2ccccc2Cl)CCN(Cc2cccc3cccnc23)CC1. The van der Waals surface area contributed by atoms with Crippen molar-refractivity contribution < 1.29 is 5.11 Å². The number of hydrogen-bond donors (Lipinski definition) is 1. The first kappa shape index (κ1) is 18.4. The maximum Gasteiger partial charge on any atom is 0.0746 e. The summed E-state index contributed by atoms with van der Waals surface area (Å²) in [5, 5.41) is 12.1. The molecule has 140 valence electrons. The predicted octanol–water partition coefficient (Wildman–Crippen LogP) is 4.71. The Balaban J connectivity index is 1.45. The number of pyridine rings is 1. The highest BCUT2D eigenvalue weighted by atomic mass is 35.5. The van der Waals surface area contributed by atoms with Crippen molar-refractivity contribution in [2.45, 2.75) is 25.8 Å². The number of nitrogens with zero attached hydrogens (tertiary/aromatic N) is 2. The second kappa shape index (κ2) is 7.97. The van der Waals surface area contributed by atoms with E-state index in [0.717, 1.165) is 55.0 Å². The average molecular weight is 381 g/mol. The van der Waals surface area contributed by atoms with Crippen molar-refractivity contribution >= 4 is 22.5 Å². The first-order valence-corrected chi connectivity index (χ1v) is 9.96. The highest BCUT2D eigenvalue weighted by molar-refractivity contribution is 6.31. The minimum Gasteiger partial charge on any atom is -0.396 e. The molecule has 1 saturated heterocycles. The van der Waals surface area contributed by atoms with Crippen LogP contribution in [0.25, 0.3) is 10.9 Å². The van der Waals surface area contributed by atoms with E-state index in [1.807, 2.05) is 30.5 Å². The summed E-state index contributed by atoms with van der Waals surface area (Å²) in [6, 6.07) is 18.5. The van der Waals surface area contributed by atoms with E-state index >= 15 is 0 Å². The van der Waals surface area contributed by atoms with Gasteiger partial charge in [0.25, 0.3) is 0 Å². The van der Waals surface area contributed by atoms with Gasteiger partial charge in [0.2, 0.25) is 0 Å². The van der Waals surface area contributed by atoms with Crippen LogP contribution in [0.1, 0.15) is 24.0 Å². The Labute approximate surface area is 165 Å². The molecule has 0 radical (unpaired) electrons. The quantitative estimate of drug-likeness (QED) is 0.696. The summed E-state index contributed by atoms with van der Waals surface area (Å²) >= 11 is 6.35. The van der Waals surface area contributed by atoms with Crippen LogP contribution in [0, 0.1) is 5.41 Å². The van der Waals surface area contributed by atoms with Gasteiger partial charge in [-0.3, -0.25) is 9.88 Å². The normalized spacial score (nSPS) is 17.3. The molecular formula is C23H25ClN2O. The molecule has 3 nitrogen and oxygen atoms in total. The van der Waals surface area contributed by atoms with Crippen molar-refractivity contribution in [3.63, 3.8) is 0 Å². The van der Waals surface area contributed by atoms with Gasteiger partial charge >= 0.3 is 0 Å². The van der Waals surface area contributed by atoms with Gasteiger partial charge < -0.3 is 5.11 Å². The minimum absolute atomic E-state index is 0.0709. The van der Waals surface area contributed by atoms with E-state index in [2.05, 4.69) is 40.2 Å². The van der Waals surface area contributed by atoms with Crippen LogP contribution in [-0.2, 0) is 13.0 Å². The third kappa shape index (κ3) is 4.01. The number of piperidine rings is 1. The number of halogens is 1. The molecule has 0 aliphatic carbocycles. The third-order valence-corrected chi connectivity index (χ3v) is 6.25. The zero-order valence-corrected chi connectivity index (χ0v) is 16.2. The molecule has 0 bridgehead atoms. The van der Waals surface area contributed by atoms with Gasteiger partial charge in [-0.25, -0.2) is 0 Å². The molecule has 27 heavy (non-hydrogen) atoms. The number of aliphatic hydroxyl groups excluding tert-OH is 1. The summed E-state index contributed by atoms with van der Waals surface area (Å²) in [5.74, 6) is 0. The van der Waals surface area contributed by atoms with Crippen LogP contribution in [-0.4, -0.2) is 34.7 Å². The number of benzene rings is 2. The lowest BCUT2D eigenvalue weighted by atomic mass is 9.74. The summed E-state index contributed by atoms with van der Waals surface area (Å²) in [6.45, 7) is 3.08. The van der Waals surface area contributed by atoms with E-state index in [9.17, 15) is 5.11 Å². The van der Waals surface area contributed by atoms with Crippen LogP contribution in [0.2, 0.25) is 5.02 Å². The smallest absolute Gasteiger partial charge is 0.0746 e. The average Bonchev–Trinajstić information content (AvgIpc) is 2.72. The molecule has 0 amide bonds. The Morgan fingerprint density at radius 3 is 2.48 bits per heavy atom. The van der Waals surface area contributed by atoms with Crippen molar-refractivity contribution in [3.8, 4) is 0 Å². The fraction of sp³-hybridized carbons (Fsp3) is 0.348. The summed E-state index contributed by atoms with van der Waals surface area (Å²) in [7, 11) is 0. The molecule has 4 rings (SSSR count). The number of para-hydroxylation sites is 1. The minimum atomic E-state index is -0.0709. The molecule has 0 saturated carbocycles. The summed E-state index contributed by atoms with van der Waals surface area (Å²) < 4.78 is 0. The standard InChI is InChI=1S/C23H25ClN2O/c24-21-9-2-1-5-19(21)15-23(17-27)10-13-26(14-11-23)16-20-7-3-6-18-8-4-12-25-22(18)20/h1-9,12,27H,10-11,13-17H2. The number of fused-ring (bicyclic) bond motifs is 1. The van der Waals surface area contributed by atoms with Gasteiger partial charge in [-0.05, 0) is 61.0 Å². The Morgan fingerprint density at radius 2 is 1.70 bits per heavy atom. The lowest BCUT2D eigenvalue weighted by Crippen LogP contribution is -2.43. The Morgan fingerprint density at radius 1 is 0.963 bits per heavy atom. The van der Waals surface area contributed by atoms with Gasteiger partial charge in [0, 0.05) is 29.8 Å². The molecule has 3 aromatic rings. The van der Waals surface area contributed by atoms with Gasteiger partial charge in [0.05, 0.1) is 5.52 Å². The van der Waals surface area contributed by atoms with Gasteiger partial charge in [-0.15, -0.1) is 0 Å². The molecule has 2 aromatic carbocycles. The molecule has 1 aromatic heterocycles. The second-order valence-electron chi connectivity index (χ2n) is 7.69. The molecular weight excluding hydrogens is 356 g/mol. The predicted molar refractivity (Wildman–Crippen MR) is 111 cm³/mol. The molecule has 2 heterocycles. The summed E-state index contributed by atoms with van der Waals surface area (Å²) in [4.78, 5) is 7.05. The Hall–Kier alpha value is -1.94. The number of aliphatic hydroxyl groups is 1. The van der Waals surface area contributed by atoms with Gasteiger partial charge in [0.15, 0.2) is 0 Å². The molecule has 1 aliphatic heterocycles. The lowest BCUT2D eigenvalue weighted by Gasteiger charge is -2.41. The Bertz CT molecular complexity index is 914. The summed E-state index contributed by atoms with van der Waals surface area (Å²) in [5.41, 5.74) is 3.43. The van der Waals surface area contributed by atoms with E-state index in [0.29, 0.717) is 0 Å². The number of likely N-dealkylation sites (tertiary alicyclic amines) is 1. The van der Waals surface area contributed by atoms with Crippen LogP contribution in [0.5, 0.6) is 0 Å². The molecule has 1 aliphatic rings. The topological polar surface area (TPSA) is 36.4 Å². The maximum absolute atomic E-state index is 10.1. The fourth-order valence-electron chi connectivity index (χ4n) is 4.16. The van der Waals surface area contributed by atoms with Crippen molar-refractivity contribution in [2.75, 3.05) is 19.7 Å². The monoisotopic (exact) mass is 380 g/mol. The number of hydrogen-bond acceptors (Lipinski definition) is 3. The molecule has 4 heteroatoms. The van der Waals surface area contributed by atoms with E-state index in [1.165, 1.54) is 10.9 Å². The van der Waals surface area contributed by atoms with Crippen molar-refractivity contribution in [1.82, 2.24) is 9.88 Å². The van der Waals surface area contributed by atoms with Crippen molar-refractivity contribution in [3.05, 3.63) is 76.9 Å². The largest absolute Gasteiger partial charge is 0.396 e. The molecule has 0 unspecified atom stereocenters.